The second kappa shape index (κ2) is 5.62. The summed E-state index contributed by atoms with van der Waals surface area (Å²) in [6.07, 6.45) is 1.71. The van der Waals surface area contributed by atoms with E-state index in [-0.39, 0.29) is 11.7 Å². The van der Waals surface area contributed by atoms with E-state index in [2.05, 4.69) is 25.6 Å². The molecular weight excluding hydrogens is 304 g/mol. The molecule has 0 aliphatic carbocycles. The summed E-state index contributed by atoms with van der Waals surface area (Å²) in [5.41, 5.74) is 2.46. The van der Waals surface area contributed by atoms with Gasteiger partial charge in [-0.2, -0.15) is 10.2 Å². The number of fused-ring (bicyclic) bond motifs is 1. The van der Waals surface area contributed by atoms with Crippen molar-refractivity contribution < 1.29 is 4.79 Å². The molecule has 2 N–H and O–H groups in total. The minimum absolute atomic E-state index is 0.251. The molecule has 0 saturated carbocycles. The molecule has 24 heavy (non-hydrogen) atoms. The number of rotatable bonds is 3. The van der Waals surface area contributed by atoms with Gasteiger partial charge in [-0.1, -0.05) is 30.3 Å². The molecule has 0 aliphatic heterocycles. The van der Waals surface area contributed by atoms with Crippen LogP contribution in [0.4, 0.5) is 5.69 Å². The predicted octanol–water partition coefficient (Wildman–Crippen LogP) is 2.61. The fourth-order valence-corrected chi connectivity index (χ4v) is 2.50. The molecule has 4 aromatic rings. The Morgan fingerprint density at radius 2 is 2.00 bits per heavy atom. The molecule has 0 aliphatic rings. The summed E-state index contributed by atoms with van der Waals surface area (Å²) in [5.74, 6) is 0.463. The first-order chi connectivity index (χ1) is 11.7. The molecule has 0 atom stereocenters. The van der Waals surface area contributed by atoms with E-state index in [4.69, 9.17) is 0 Å². The van der Waals surface area contributed by atoms with Gasteiger partial charge in [-0.05, 0) is 18.2 Å². The number of hydrogen-bond acceptors (Lipinski definition) is 4. The van der Waals surface area contributed by atoms with E-state index in [1.54, 1.807) is 13.2 Å². The lowest BCUT2D eigenvalue weighted by Crippen LogP contribution is -2.17. The number of nitrogens with one attached hydrogen (secondary N) is 2. The number of nitrogens with zero attached hydrogens (tertiary/aromatic N) is 4. The van der Waals surface area contributed by atoms with E-state index in [1.807, 2.05) is 48.5 Å². The minimum atomic E-state index is -0.310. The van der Waals surface area contributed by atoms with Gasteiger partial charge in [0.1, 0.15) is 0 Å². The molecule has 0 unspecified atom stereocenters. The summed E-state index contributed by atoms with van der Waals surface area (Å²) in [5, 5.41) is 14.9. The average Bonchev–Trinajstić information content (AvgIpc) is 3.21. The number of H-pyrrole nitrogens is 1. The van der Waals surface area contributed by atoms with Gasteiger partial charge in [-0.15, -0.1) is 0 Å². The Bertz CT molecular complexity index is 1020. The topological polar surface area (TPSA) is 88.5 Å². The molecule has 2 heterocycles. The molecule has 0 radical (unpaired) electrons. The molecule has 4 rings (SSSR count). The number of amides is 1. The maximum Gasteiger partial charge on any atom is 0.293 e. The molecule has 1 amide bonds. The molecule has 0 saturated heterocycles. The van der Waals surface area contributed by atoms with Crippen LogP contribution < -0.4 is 5.32 Å². The molecule has 7 nitrogen and oxygen atoms in total. The largest absolute Gasteiger partial charge is 0.319 e. The van der Waals surface area contributed by atoms with Crippen molar-refractivity contribution >= 4 is 22.5 Å². The van der Waals surface area contributed by atoms with Crippen LogP contribution in [0.5, 0.6) is 0 Å². The van der Waals surface area contributed by atoms with Crippen LogP contribution in [0.2, 0.25) is 0 Å². The SMILES string of the molecule is Cn1nc(-c2ccccc2)nc1C(=O)Nc1ccc2[nH]ncc2c1. The summed E-state index contributed by atoms with van der Waals surface area (Å²) in [4.78, 5) is 16.8. The third kappa shape index (κ3) is 2.52. The summed E-state index contributed by atoms with van der Waals surface area (Å²) < 4.78 is 1.48. The lowest BCUT2D eigenvalue weighted by atomic mass is 10.2. The van der Waals surface area contributed by atoms with Crippen molar-refractivity contribution in [2.24, 2.45) is 7.05 Å². The average molecular weight is 318 g/mol. The lowest BCUT2D eigenvalue weighted by Gasteiger charge is -2.04. The van der Waals surface area contributed by atoms with Crippen molar-refractivity contribution in [2.75, 3.05) is 5.32 Å². The van der Waals surface area contributed by atoms with E-state index < -0.39 is 0 Å². The van der Waals surface area contributed by atoms with Gasteiger partial charge < -0.3 is 5.32 Å². The molecule has 2 aromatic heterocycles. The Kier molecular flexibility index (Phi) is 3.31. The standard InChI is InChI=1S/C17H14N6O/c1-23-16(20-15(22-23)11-5-3-2-4-6-11)17(24)19-13-7-8-14-12(9-13)10-18-21-14/h2-10H,1H3,(H,18,21)(H,19,24). The van der Waals surface area contributed by atoms with Crippen LogP contribution in [0.25, 0.3) is 22.3 Å². The fraction of sp³-hybridized carbons (Fsp3) is 0.0588. The van der Waals surface area contributed by atoms with E-state index in [0.29, 0.717) is 11.5 Å². The fourth-order valence-electron chi connectivity index (χ4n) is 2.50. The van der Waals surface area contributed by atoms with Crippen molar-refractivity contribution in [1.82, 2.24) is 25.0 Å². The molecule has 0 bridgehead atoms. The normalized spacial score (nSPS) is 10.9. The summed E-state index contributed by atoms with van der Waals surface area (Å²) in [6.45, 7) is 0. The predicted molar refractivity (Wildman–Crippen MR) is 90.5 cm³/mol. The monoisotopic (exact) mass is 318 g/mol. The van der Waals surface area contributed by atoms with Gasteiger partial charge in [0, 0.05) is 23.7 Å². The van der Waals surface area contributed by atoms with Gasteiger partial charge >= 0.3 is 0 Å². The van der Waals surface area contributed by atoms with Crippen molar-refractivity contribution in [3.8, 4) is 11.4 Å². The zero-order valence-electron chi connectivity index (χ0n) is 12.9. The van der Waals surface area contributed by atoms with Gasteiger partial charge in [-0.3, -0.25) is 9.89 Å². The van der Waals surface area contributed by atoms with Crippen LogP contribution >= 0.6 is 0 Å². The zero-order valence-corrected chi connectivity index (χ0v) is 12.9. The van der Waals surface area contributed by atoms with Crippen LogP contribution in [-0.4, -0.2) is 30.9 Å². The maximum absolute atomic E-state index is 12.5. The van der Waals surface area contributed by atoms with Crippen LogP contribution in [0.15, 0.2) is 54.7 Å². The number of aryl methyl sites for hydroxylation is 1. The van der Waals surface area contributed by atoms with Crippen LogP contribution in [0.3, 0.4) is 0 Å². The minimum Gasteiger partial charge on any atom is -0.319 e. The molecule has 118 valence electrons. The second-order valence-corrected chi connectivity index (χ2v) is 5.37. The third-order valence-electron chi connectivity index (χ3n) is 3.70. The first kappa shape index (κ1) is 14.1. The Balaban J connectivity index is 1.61. The highest BCUT2D eigenvalue weighted by atomic mass is 16.2. The number of carbonyl (C=O) groups excluding carboxylic acids is 1. The quantitative estimate of drug-likeness (QED) is 0.608. The van der Waals surface area contributed by atoms with Crippen LogP contribution in [0.1, 0.15) is 10.6 Å². The van der Waals surface area contributed by atoms with Gasteiger partial charge in [0.2, 0.25) is 5.82 Å². The number of benzene rings is 2. The van der Waals surface area contributed by atoms with Crippen LogP contribution in [0, 0.1) is 0 Å². The van der Waals surface area contributed by atoms with Crippen molar-refractivity contribution in [1.29, 1.82) is 0 Å². The van der Waals surface area contributed by atoms with Gasteiger partial charge in [0.25, 0.3) is 5.91 Å². The Morgan fingerprint density at radius 1 is 1.17 bits per heavy atom. The number of aromatic amines is 1. The van der Waals surface area contributed by atoms with E-state index in [1.165, 1.54) is 4.68 Å². The maximum atomic E-state index is 12.5. The number of carbonyl (C=O) groups is 1. The van der Waals surface area contributed by atoms with E-state index in [9.17, 15) is 4.79 Å². The van der Waals surface area contributed by atoms with Gasteiger partial charge in [-0.25, -0.2) is 9.67 Å². The second-order valence-electron chi connectivity index (χ2n) is 5.37. The summed E-state index contributed by atoms with van der Waals surface area (Å²) in [7, 11) is 1.70. The molecular formula is C17H14N6O. The summed E-state index contributed by atoms with van der Waals surface area (Å²) in [6, 6.07) is 15.1. The van der Waals surface area contributed by atoms with Crippen molar-refractivity contribution in [3.63, 3.8) is 0 Å². The smallest absolute Gasteiger partial charge is 0.293 e. The third-order valence-corrected chi connectivity index (χ3v) is 3.70. The molecule has 2 aromatic carbocycles. The zero-order chi connectivity index (χ0) is 16.5. The first-order valence-electron chi connectivity index (χ1n) is 7.41. The van der Waals surface area contributed by atoms with Gasteiger partial charge in [0.15, 0.2) is 5.82 Å². The number of anilines is 1. The number of aromatic nitrogens is 5. The highest BCUT2D eigenvalue weighted by molar-refractivity contribution is 6.03. The number of hydrogen-bond donors (Lipinski definition) is 2. The Morgan fingerprint density at radius 3 is 2.83 bits per heavy atom. The van der Waals surface area contributed by atoms with Crippen molar-refractivity contribution in [3.05, 3.63) is 60.6 Å². The van der Waals surface area contributed by atoms with Crippen LogP contribution in [-0.2, 0) is 7.05 Å². The molecule has 0 spiro atoms. The van der Waals surface area contributed by atoms with Gasteiger partial charge in [0.05, 0.1) is 11.7 Å². The first-order valence-corrected chi connectivity index (χ1v) is 7.41. The Hall–Kier alpha value is -3.48. The highest BCUT2D eigenvalue weighted by Gasteiger charge is 2.16. The van der Waals surface area contributed by atoms with Crippen molar-refractivity contribution in [2.45, 2.75) is 0 Å². The van der Waals surface area contributed by atoms with E-state index >= 15 is 0 Å². The Labute approximate surface area is 137 Å². The molecule has 7 heteroatoms. The van der Waals surface area contributed by atoms with E-state index in [0.717, 1.165) is 16.5 Å². The molecule has 0 fully saturated rings. The highest BCUT2D eigenvalue weighted by Crippen LogP contribution is 2.18. The summed E-state index contributed by atoms with van der Waals surface area (Å²) >= 11 is 0. The lowest BCUT2D eigenvalue weighted by molar-refractivity contribution is 0.101.